The molecule has 0 radical (unpaired) electrons. The molecule has 2 rings (SSSR count). The zero-order chi connectivity index (χ0) is 16.3. The molecule has 1 N–H and O–H groups in total. The summed E-state index contributed by atoms with van der Waals surface area (Å²) in [6.45, 7) is 5.68. The SMILES string of the molecule is Cc1ccc(CC(=O)N[C@@H](C)c2ccc(F)cc2F)cc1C. The normalized spacial score (nSPS) is 12.0. The molecule has 0 saturated heterocycles. The maximum Gasteiger partial charge on any atom is 0.224 e. The Morgan fingerprint density at radius 1 is 1.09 bits per heavy atom. The van der Waals surface area contributed by atoms with Crippen molar-refractivity contribution in [1.29, 1.82) is 0 Å². The molecule has 116 valence electrons. The second-order valence-electron chi connectivity index (χ2n) is 5.55. The quantitative estimate of drug-likeness (QED) is 0.908. The predicted octanol–water partition coefficient (Wildman–Crippen LogP) is 4.00. The minimum Gasteiger partial charge on any atom is -0.349 e. The van der Waals surface area contributed by atoms with E-state index in [9.17, 15) is 13.6 Å². The predicted molar refractivity (Wildman–Crippen MR) is 82.5 cm³/mol. The number of nitrogens with one attached hydrogen (secondary N) is 1. The number of carbonyl (C=O) groups is 1. The van der Waals surface area contributed by atoms with Crippen LogP contribution in [0.3, 0.4) is 0 Å². The van der Waals surface area contributed by atoms with E-state index in [1.165, 1.54) is 17.7 Å². The Bertz CT molecular complexity index is 697. The Morgan fingerprint density at radius 3 is 2.45 bits per heavy atom. The summed E-state index contributed by atoms with van der Waals surface area (Å²) in [5.74, 6) is -1.48. The Balaban J connectivity index is 2.03. The van der Waals surface area contributed by atoms with Gasteiger partial charge in [0.05, 0.1) is 12.5 Å². The van der Waals surface area contributed by atoms with Crippen LogP contribution in [-0.2, 0) is 11.2 Å². The molecular formula is C18H19F2NO. The van der Waals surface area contributed by atoms with E-state index in [2.05, 4.69) is 5.32 Å². The highest BCUT2D eigenvalue weighted by atomic mass is 19.1. The van der Waals surface area contributed by atoms with Crippen molar-refractivity contribution < 1.29 is 13.6 Å². The lowest BCUT2D eigenvalue weighted by Gasteiger charge is -2.15. The first-order valence-corrected chi connectivity index (χ1v) is 7.17. The zero-order valence-electron chi connectivity index (χ0n) is 12.9. The molecule has 0 bridgehead atoms. The summed E-state index contributed by atoms with van der Waals surface area (Å²) in [5, 5.41) is 2.74. The fourth-order valence-corrected chi connectivity index (χ4v) is 2.32. The molecule has 0 heterocycles. The standard InChI is InChI=1S/C18H19F2NO/c1-11-4-5-14(8-12(11)2)9-18(22)21-13(3)16-7-6-15(19)10-17(16)20/h4-8,10,13H,9H2,1-3H3,(H,21,22)/t13-/m0/s1. The third kappa shape index (κ3) is 3.91. The maximum atomic E-state index is 13.7. The molecule has 1 amide bonds. The Hall–Kier alpha value is -2.23. The van der Waals surface area contributed by atoms with Gasteiger partial charge in [0.1, 0.15) is 11.6 Å². The molecular weight excluding hydrogens is 284 g/mol. The van der Waals surface area contributed by atoms with E-state index >= 15 is 0 Å². The van der Waals surface area contributed by atoms with Crippen LogP contribution in [0.5, 0.6) is 0 Å². The van der Waals surface area contributed by atoms with Crippen molar-refractivity contribution >= 4 is 5.91 Å². The van der Waals surface area contributed by atoms with Gasteiger partial charge < -0.3 is 5.32 Å². The molecule has 2 aromatic rings. The molecule has 0 aliphatic carbocycles. The van der Waals surface area contributed by atoms with Crippen LogP contribution >= 0.6 is 0 Å². The lowest BCUT2D eigenvalue weighted by atomic mass is 10.0. The van der Waals surface area contributed by atoms with Crippen LogP contribution in [0.2, 0.25) is 0 Å². The second kappa shape index (κ2) is 6.69. The Morgan fingerprint density at radius 2 is 1.82 bits per heavy atom. The van der Waals surface area contributed by atoms with Gasteiger partial charge in [0.25, 0.3) is 0 Å². The van der Waals surface area contributed by atoms with Crippen LogP contribution in [0.25, 0.3) is 0 Å². The van der Waals surface area contributed by atoms with E-state index in [1.807, 2.05) is 32.0 Å². The first kappa shape index (κ1) is 16.1. The topological polar surface area (TPSA) is 29.1 Å². The molecule has 0 aliphatic heterocycles. The van der Waals surface area contributed by atoms with Crippen molar-refractivity contribution in [2.45, 2.75) is 33.2 Å². The monoisotopic (exact) mass is 303 g/mol. The molecule has 2 aromatic carbocycles. The fraction of sp³-hybridized carbons (Fsp3) is 0.278. The van der Waals surface area contributed by atoms with E-state index in [0.717, 1.165) is 17.2 Å². The summed E-state index contributed by atoms with van der Waals surface area (Å²) in [6.07, 6.45) is 0.230. The molecule has 0 aromatic heterocycles. The average Bonchev–Trinajstić information content (AvgIpc) is 2.42. The van der Waals surface area contributed by atoms with Crippen LogP contribution in [-0.4, -0.2) is 5.91 Å². The van der Waals surface area contributed by atoms with Gasteiger partial charge in [-0.05, 0) is 43.5 Å². The molecule has 2 nitrogen and oxygen atoms in total. The van der Waals surface area contributed by atoms with Crippen molar-refractivity contribution in [3.8, 4) is 0 Å². The van der Waals surface area contributed by atoms with Gasteiger partial charge in [-0.2, -0.15) is 0 Å². The van der Waals surface area contributed by atoms with Crippen molar-refractivity contribution in [3.63, 3.8) is 0 Å². The summed E-state index contributed by atoms with van der Waals surface area (Å²) >= 11 is 0. The van der Waals surface area contributed by atoms with Gasteiger partial charge in [-0.25, -0.2) is 8.78 Å². The third-order valence-corrected chi connectivity index (χ3v) is 3.74. The van der Waals surface area contributed by atoms with Crippen molar-refractivity contribution in [2.75, 3.05) is 0 Å². The molecule has 0 aliphatic rings. The maximum absolute atomic E-state index is 13.7. The van der Waals surface area contributed by atoms with Crippen LogP contribution < -0.4 is 5.32 Å². The minimum absolute atomic E-state index is 0.195. The minimum atomic E-state index is -0.654. The highest BCUT2D eigenvalue weighted by molar-refractivity contribution is 5.79. The van der Waals surface area contributed by atoms with E-state index in [1.54, 1.807) is 6.92 Å². The number of hydrogen-bond donors (Lipinski definition) is 1. The third-order valence-electron chi connectivity index (χ3n) is 3.74. The smallest absolute Gasteiger partial charge is 0.224 e. The van der Waals surface area contributed by atoms with E-state index in [0.29, 0.717) is 0 Å². The summed E-state index contributed by atoms with van der Waals surface area (Å²) in [4.78, 5) is 12.1. The Kier molecular flexibility index (Phi) is 4.91. The van der Waals surface area contributed by atoms with Crippen LogP contribution in [0.1, 0.15) is 35.2 Å². The average molecular weight is 303 g/mol. The molecule has 0 fully saturated rings. The Labute approximate surface area is 129 Å². The molecule has 0 saturated carbocycles. The molecule has 22 heavy (non-hydrogen) atoms. The van der Waals surface area contributed by atoms with Gasteiger partial charge in [0, 0.05) is 11.6 Å². The zero-order valence-corrected chi connectivity index (χ0v) is 12.9. The van der Waals surface area contributed by atoms with Gasteiger partial charge in [-0.1, -0.05) is 24.3 Å². The van der Waals surface area contributed by atoms with Gasteiger partial charge >= 0.3 is 0 Å². The lowest BCUT2D eigenvalue weighted by molar-refractivity contribution is -0.121. The van der Waals surface area contributed by atoms with Gasteiger partial charge in [-0.3, -0.25) is 4.79 Å². The number of rotatable bonds is 4. The number of benzene rings is 2. The summed E-state index contributed by atoms with van der Waals surface area (Å²) in [6, 6.07) is 8.70. The second-order valence-corrected chi connectivity index (χ2v) is 5.55. The highest BCUT2D eigenvalue weighted by Crippen LogP contribution is 2.18. The highest BCUT2D eigenvalue weighted by Gasteiger charge is 2.14. The lowest BCUT2D eigenvalue weighted by Crippen LogP contribution is -2.28. The number of amides is 1. The van der Waals surface area contributed by atoms with Crippen LogP contribution in [0, 0.1) is 25.5 Å². The molecule has 0 unspecified atom stereocenters. The number of hydrogen-bond acceptors (Lipinski definition) is 1. The van der Waals surface area contributed by atoms with E-state index < -0.39 is 17.7 Å². The van der Waals surface area contributed by atoms with Crippen molar-refractivity contribution in [1.82, 2.24) is 5.32 Å². The van der Waals surface area contributed by atoms with Gasteiger partial charge in [0.15, 0.2) is 0 Å². The van der Waals surface area contributed by atoms with Gasteiger partial charge in [-0.15, -0.1) is 0 Å². The molecule has 4 heteroatoms. The largest absolute Gasteiger partial charge is 0.349 e. The number of halogens is 2. The van der Waals surface area contributed by atoms with Crippen LogP contribution in [0.15, 0.2) is 36.4 Å². The van der Waals surface area contributed by atoms with Gasteiger partial charge in [0.2, 0.25) is 5.91 Å². The first-order valence-electron chi connectivity index (χ1n) is 7.17. The first-order chi connectivity index (χ1) is 10.4. The van der Waals surface area contributed by atoms with Crippen LogP contribution in [0.4, 0.5) is 8.78 Å². The number of carbonyl (C=O) groups excluding carboxylic acids is 1. The van der Waals surface area contributed by atoms with Crippen molar-refractivity contribution in [3.05, 3.63) is 70.3 Å². The number of aryl methyl sites for hydroxylation is 2. The molecule has 0 spiro atoms. The van der Waals surface area contributed by atoms with Crippen molar-refractivity contribution in [2.24, 2.45) is 0 Å². The molecule has 1 atom stereocenters. The summed E-state index contributed by atoms with van der Waals surface area (Å²) < 4.78 is 26.6. The summed E-state index contributed by atoms with van der Waals surface area (Å²) in [7, 11) is 0. The summed E-state index contributed by atoms with van der Waals surface area (Å²) in [5.41, 5.74) is 3.48. The van der Waals surface area contributed by atoms with E-state index in [4.69, 9.17) is 0 Å². The fourth-order valence-electron chi connectivity index (χ4n) is 2.32. The van der Waals surface area contributed by atoms with E-state index in [-0.39, 0.29) is 17.9 Å².